The van der Waals surface area contributed by atoms with E-state index in [4.69, 9.17) is 4.74 Å². The maximum Gasteiger partial charge on any atom is 0.419 e. The minimum absolute atomic E-state index is 0. The van der Waals surface area contributed by atoms with Gasteiger partial charge in [-0.2, -0.15) is 13.2 Å². The number of carbonyl (C=O) groups excluding carboxylic acids is 1. The van der Waals surface area contributed by atoms with Crippen LogP contribution < -0.4 is 15.4 Å². The molecule has 1 amide bonds. The zero-order chi connectivity index (χ0) is 16.2. The Balaban J connectivity index is 0.00000264. The summed E-state index contributed by atoms with van der Waals surface area (Å²) in [7, 11) is 0. The predicted octanol–water partition coefficient (Wildman–Crippen LogP) is 2.62. The molecule has 1 aliphatic rings. The highest BCUT2D eigenvalue weighted by Crippen LogP contribution is 2.36. The van der Waals surface area contributed by atoms with E-state index in [-0.39, 0.29) is 36.5 Å². The van der Waals surface area contributed by atoms with Gasteiger partial charge in [-0.05, 0) is 18.6 Å². The zero-order valence-electron chi connectivity index (χ0n) is 12.7. The van der Waals surface area contributed by atoms with Gasteiger partial charge in [-0.3, -0.25) is 4.79 Å². The third kappa shape index (κ3) is 5.28. The van der Waals surface area contributed by atoms with Crippen molar-refractivity contribution in [2.45, 2.75) is 25.6 Å². The number of para-hydroxylation sites is 1. The number of amides is 1. The fraction of sp³-hybridized carbons (Fsp3) is 0.533. The van der Waals surface area contributed by atoms with Gasteiger partial charge in [0.15, 0.2) is 0 Å². The first-order valence-electron chi connectivity index (χ1n) is 7.23. The summed E-state index contributed by atoms with van der Waals surface area (Å²) >= 11 is 0. The number of benzene rings is 1. The van der Waals surface area contributed by atoms with E-state index >= 15 is 0 Å². The van der Waals surface area contributed by atoms with Crippen molar-refractivity contribution < 1.29 is 22.7 Å². The van der Waals surface area contributed by atoms with E-state index in [9.17, 15) is 18.0 Å². The first kappa shape index (κ1) is 19.6. The van der Waals surface area contributed by atoms with E-state index in [2.05, 4.69) is 10.6 Å². The summed E-state index contributed by atoms with van der Waals surface area (Å²) in [5, 5.41) is 5.72. The molecule has 1 aromatic rings. The lowest BCUT2D eigenvalue weighted by Gasteiger charge is -2.27. The Morgan fingerprint density at radius 1 is 1.39 bits per heavy atom. The standard InChI is InChI=1S/C15H19F3N2O2.ClH/c1-2-11(9-20-14(21)10-7-19-8-10)22-13-6-4-3-5-12(13)15(16,17)18;/h3-6,10-11,19H,2,7-9H2,1H3,(H,20,21);1H. The summed E-state index contributed by atoms with van der Waals surface area (Å²) in [5.41, 5.74) is -0.803. The quantitative estimate of drug-likeness (QED) is 0.827. The van der Waals surface area contributed by atoms with Gasteiger partial charge in [-0.15, -0.1) is 12.4 Å². The fourth-order valence-electron chi connectivity index (χ4n) is 2.09. The number of halogens is 4. The van der Waals surface area contributed by atoms with Crippen LogP contribution in [0.4, 0.5) is 13.2 Å². The Kier molecular flexibility index (Phi) is 7.15. The second-order valence-corrected chi connectivity index (χ2v) is 5.24. The van der Waals surface area contributed by atoms with Crippen LogP contribution in [0.3, 0.4) is 0 Å². The molecule has 1 saturated heterocycles. The molecule has 0 bridgehead atoms. The van der Waals surface area contributed by atoms with Crippen LogP contribution in [0.15, 0.2) is 24.3 Å². The van der Waals surface area contributed by atoms with Gasteiger partial charge in [0.2, 0.25) is 5.91 Å². The molecule has 0 saturated carbocycles. The van der Waals surface area contributed by atoms with Crippen LogP contribution in [0.25, 0.3) is 0 Å². The second-order valence-electron chi connectivity index (χ2n) is 5.24. The van der Waals surface area contributed by atoms with Crippen LogP contribution in [-0.2, 0) is 11.0 Å². The van der Waals surface area contributed by atoms with E-state index in [0.29, 0.717) is 19.5 Å². The molecule has 0 spiro atoms. The number of hydrogen-bond acceptors (Lipinski definition) is 3. The second kappa shape index (κ2) is 8.40. The van der Waals surface area contributed by atoms with Crippen molar-refractivity contribution in [3.05, 3.63) is 29.8 Å². The normalized spacial score (nSPS) is 16.0. The van der Waals surface area contributed by atoms with Crippen molar-refractivity contribution in [1.82, 2.24) is 10.6 Å². The van der Waals surface area contributed by atoms with Crippen LogP contribution in [0, 0.1) is 5.92 Å². The van der Waals surface area contributed by atoms with Gasteiger partial charge in [-0.25, -0.2) is 0 Å². The van der Waals surface area contributed by atoms with Gasteiger partial charge in [-0.1, -0.05) is 19.1 Å². The van der Waals surface area contributed by atoms with E-state index < -0.39 is 17.8 Å². The van der Waals surface area contributed by atoms with Crippen LogP contribution in [0.5, 0.6) is 5.75 Å². The van der Waals surface area contributed by atoms with Gasteiger partial charge in [0, 0.05) is 13.1 Å². The highest BCUT2D eigenvalue weighted by molar-refractivity contribution is 5.85. The summed E-state index contributed by atoms with van der Waals surface area (Å²) in [6, 6.07) is 5.10. The molecule has 0 aliphatic carbocycles. The van der Waals surface area contributed by atoms with Crippen molar-refractivity contribution in [3.8, 4) is 5.75 Å². The Labute approximate surface area is 139 Å². The number of hydrogen-bond donors (Lipinski definition) is 2. The molecule has 0 radical (unpaired) electrons. The summed E-state index contributed by atoms with van der Waals surface area (Å²) in [5.74, 6) is -0.355. The van der Waals surface area contributed by atoms with Crippen molar-refractivity contribution in [2.75, 3.05) is 19.6 Å². The zero-order valence-corrected chi connectivity index (χ0v) is 13.5. The number of rotatable bonds is 6. The molecule has 2 rings (SSSR count). The number of carbonyl (C=O) groups is 1. The van der Waals surface area contributed by atoms with Gasteiger partial charge < -0.3 is 15.4 Å². The SMILES string of the molecule is CCC(CNC(=O)C1CNC1)Oc1ccccc1C(F)(F)F.Cl. The van der Waals surface area contributed by atoms with Crippen molar-refractivity contribution >= 4 is 18.3 Å². The minimum Gasteiger partial charge on any atom is -0.488 e. The molecule has 23 heavy (non-hydrogen) atoms. The Morgan fingerprint density at radius 2 is 2.04 bits per heavy atom. The molecule has 4 nitrogen and oxygen atoms in total. The van der Waals surface area contributed by atoms with Crippen LogP contribution in [0.1, 0.15) is 18.9 Å². The monoisotopic (exact) mass is 352 g/mol. The van der Waals surface area contributed by atoms with Gasteiger partial charge in [0.25, 0.3) is 0 Å². The molecule has 1 aliphatic heterocycles. The smallest absolute Gasteiger partial charge is 0.419 e. The van der Waals surface area contributed by atoms with Crippen molar-refractivity contribution in [1.29, 1.82) is 0 Å². The molecule has 130 valence electrons. The molecule has 1 fully saturated rings. The van der Waals surface area contributed by atoms with Crippen molar-refractivity contribution in [3.63, 3.8) is 0 Å². The summed E-state index contributed by atoms with van der Waals surface area (Å²) in [6.45, 7) is 3.27. The van der Waals surface area contributed by atoms with Crippen molar-refractivity contribution in [2.24, 2.45) is 5.92 Å². The molecular formula is C15H20ClF3N2O2. The fourth-order valence-corrected chi connectivity index (χ4v) is 2.09. The lowest BCUT2D eigenvalue weighted by atomic mass is 10.0. The average molecular weight is 353 g/mol. The first-order chi connectivity index (χ1) is 10.4. The molecule has 1 unspecified atom stereocenters. The molecule has 1 heterocycles. The number of nitrogens with one attached hydrogen (secondary N) is 2. The highest BCUT2D eigenvalue weighted by atomic mass is 35.5. The molecular weight excluding hydrogens is 333 g/mol. The van der Waals surface area contributed by atoms with Crippen LogP contribution in [-0.4, -0.2) is 31.6 Å². The lowest BCUT2D eigenvalue weighted by molar-refractivity contribution is -0.139. The minimum atomic E-state index is -4.46. The van der Waals surface area contributed by atoms with E-state index in [1.165, 1.54) is 18.2 Å². The third-order valence-corrected chi connectivity index (χ3v) is 3.60. The highest BCUT2D eigenvalue weighted by Gasteiger charge is 2.34. The largest absolute Gasteiger partial charge is 0.488 e. The van der Waals surface area contributed by atoms with Gasteiger partial charge in [0.05, 0.1) is 18.0 Å². The molecule has 2 N–H and O–H groups in total. The maximum absolute atomic E-state index is 12.9. The predicted molar refractivity (Wildman–Crippen MR) is 82.8 cm³/mol. The summed E-state index contributed by atoms with van der Waals surface area (Å²) in [4.78, 5) is 11.7. The molecule has 1 atom stereocenters. The average Bonchev–Trinajstić information content (AvgIpc) is 2.40. The Hall–Kier alpha value is -1.47. The summed E-state index contributed by atoms with van der Waals surface area (Å²) in [6.07, 6.45) is -4.47. The molecule has 1 aromatic carbocycles. The van der Waals surface area contributed by atoms with Gasteiger partial charge >= 0.3 is 6.18 Å². The van der Waals surface area contributed by atoms with E-state index in [1.54, 1.807) is 6.92 Å². The van der Waals surface area contributed by atoms with Crippen LogP contribution >= 0.6 is 12.4 Å². The van der Waals surface area contributed by atoms with E-state index in [1.807, 2.05) is 0 Å². The van der Waals surface area contributed by atoms with E-state index in [0.717, 1.165) is 6.07 Å². The molecule has 0 aromatic heterocycles. The first-order valence-corrected chi connectivity index (χ1v) is 7.23. The van der Waals surface area contributed by atoms with Crippen LogP contribution in [0.2, 0.25) is 0 Å². The van der Waals surface area contributed by atoms with Gasteiger partial charge in [0.1, 0.15) is 11.9 Å². The number of ether oxygens (including phenoxy) is 1. The summed E-state index contributed by atoms with van der Waals surface area (Å²) < 4.78 is 44.2. The maximum atomic E-state index is 12.9. The third-order valence-electron chi connectivity index (χ3n) is 3.60. The number of alkyl halides is 3. The lowest BCUT2D eigenvalue weighted by Crippen LogP contribution is -2.52. The molecule has 8 heteroatoms. The Morgan fingerprint density at radius 3 is 2.57 bits per heavy atom. The topological polar surface area (TPSA) is 50.4 Å². The Bertz CT molecular complexity index is 522.